The first kappa shape index (κ1) is 22.8. The van der Waals surface area contributed by atoms with Crippen LogP contribution in [0.4, 0.5) is 5.82 Å². The molecule has 0 spiro atoms. The number of hydrogen-bond acceptors (Lipinski definition) is 6. The van der Waals surface area contributed by atoms with Crippen molar-refractivity contribution in [1.82, 2.24) is 29.5 Å². The quantitative estimate of drug-likeness (QED) is 0.415. The summed E-state index contributed by atoms with van der Waals surface area (Å²) < 4.78 is 9.30. The van der Waals surface area contributed by atoms with Gasteiger partial charge in [-0.2, -0.15) is 10.2 Å². The lowest BCUT2D eigenvalue weighted by Crippen LogP contribution is -2.36. The maximum absolute atomic E-state index is 13.0. The summed E-state index contributed by atoms with van der Waals surface area (Å²) in [6.07, 6.45) is 5.56. The summed E-state index contributed by atoms with van der Waals surface area (Å²) in [7, 11) is 1.59. The number of nitrogens with zero attached hydrogens (tertiary/aromatic N) is 7. The van der Waals surface area contributed by atoms with E-state index in [-0.39, 0.29) is 11.9 Å². The Morgan fingerprint density at radius 2 is 1.89 bits per heavy atom. The highest BCUT2D eigenvalue weighted by atomic mass is 16.5. The highest BCUT2D eigenvalue weighted by molar-refractivity contribution is 5.94. The van der Waals surface area contributed by atoms with Gasteiger partial charge in [-0.05, 0) is 44.4 Å². The summed E-state index contributed by atoms with van der Waals surface area (Å²) >= 11 is 0. The SMILES string of the molecule is COc1nccnc1-c1ccc(CN2C(=O)CCn3nc(-c4c(C)cnn4C(C)C)cc32)cc1C. The minimum atomic E-state index is 0.0929. The summed E-state index contributed by atoms with van der Waals surface area (Å²) in [5.41, 5.74) is 6.62. The molecule has 0 N–H and O–H groups in total. The topological polar surface area (TPSA) is 91.0 Å². The van der Waals surface area contributed by atoms with Gasteiger partial charge in [-0.15, -0.1) is 0 Å². The van der Waals surface area contributed by atoms with E-state index in [4.69, 9.17) is 9.84 Å². The summed E-state index contributed by atoms with van der Waals surface area (Å²) in [5.74, 6) is 1.39. The van der Waals surface area contributed by atoms with Crippen molar-refractivity contribution in [1.29, 1.82) is 0 Å². The summed E-state index contributed by atoms with van der Waals surface area (Å²) in [4.78, 5) is 23.5. The van der Waals surface area contributed by atoms with Gasteiger partial charge in [0.25, 0.3) is 0 Å². The number of rotatable bonds is 6. The number of anilines is 1. The van der Waals surface area contributed by atoms with E-state index < -0.39 is 0 Å². The normalized spacial score (nSPS) is 13.4. The van der Waals surface area contributed by atoms with Gasteiger partial charge < -0.3 is 4.74 Å². The predicted molar refractivity (Wildman–Crippen MR) is 133 cm³/mol. The molecule has 0 radical (unpaired) electrons. The fraction of sp³-hybridized carbons (Fsp3) is 0.346. The van der Waals surface area contributed by atoms with Crippen molar-refractivity contribution in [2.75, 3.05) is 12.0 Å². The number of fused-ring (bicyclic) bond motifs is 1. The number of methoxy groups -OCH3 is 1. The number of carbonyl (C=O) groups excluding carboxylic acids is 1. The Hall–Kier alpha value is -4.01. The van der Waals surface area contributed by atoms with Crippen molar-refractivity contribution in [2.45, 2.75) is 53.2 Å². The second-order valence-electron chi connectivity index (χ2n) is 9.12. The van der Waals surface area contributed by atoms with Crippen LogP contribution < -0.4 is 9.64 Å². The largest absolute Gasteiger partial charge is 0.479 e. The number of carbonyl (C=O) groups is 1. The number of hydrogen-bond donors (Lipinski definition) is 0. The van der Waals surface area contributed by atoms with E-state index in [1.165, 1.54) is 0 Å². The van der Waals surface area contributed by atoms with Crippen LogP contribution in [0.5, 0.6) is 5.88 Å². The second kappa shape index (κ2) is 8.98. The lowest BCUT2D eigenvalue weighted by molar-refractivity contribution is -0.119. The number of amides is 1. The third-order valence-corrected chi connectivity index (χ3v) is 6.33. The summed E-state index contributed by atoms with van der Waals surface area (Å²) in [6.45, 7) is 9.31. The number of aryl methyl sites for hydroxylation is 3. The molecule has 0 saturated carbocycles. The van der Waals surface area contributed by atoms with Crippen molar-refractivity contribution in [3.63, 3.8) is 0 Å². The Morgan fingerprint density at radius 1 is 1.09 bits per heavy atom. The van der Waals surface area contributed by atoms with Crippen molar-refractivity contribution in [2.24, 2.45) is 0 Å². The van der Waals surface area contributed by atoms with Crippen LogP contribution in [0, 0.1) is 13.8 Å². The molecule has 0 saturated heterocycles. The average Bonchev–Trinajstić information content (AvgIpc) is 3.44. The van der Waals surface area contributed by atoms with Crippen LogP contribution in [0.15, 0.2) is 42.9 Å². The number of ether oxygens (including phenoxy) is 1. The first-order chi connectivity index (χ1) is 16.9. The van der Waals surface area contributed by atoms with Crippen LogP contribution in [0.25, 0.3) is 22.6 Å². The maximum Gasteiger partial charge on any atom is 0.240 e. The highest BCUT2D eigenvalue weighted by Crippen LogP contribution is 2.33. The van der Waals surface area contributed by atoms with E-state index in [0.717, 1.165) is 39.5 Å². The van der Waals surface area contributed by atoms with Gasteiger partial charge in [0.2, 0.25) is 11.8 Å². The number of benzene rings is 1. The van der Waals surface area contributed by atoms with E-state index in [1.807, 2.05) is 52.5 Å². The molecule has 0 aliphatic carbocycles. The Morgan fingerprint density at radius 3 is 2.63 bits per heavy atom. The highest BCUT2D eigenvalue weighted by Gasteiger charge is 2.28. The molecule has 4 aromatic rings. The third-order valence-electron chi connectivity index (χ3n) is 6.33. The van der Waals surface area contributed by atoms with Crippen LogP contribution >= 0.6 is 0 Å². The van der Waals surface area contributed by atoms with Crippen LogP contribution in [-0.2, 0) is 17.9 Å². The molecule has 0 fully saturated rings. The molecule has 35 heavy (non-hydrogen) atoms. The molecule has 4 heterocycles. The monoisotopic (exact) mass is 471 g/mol. The van der Waals surface area contributed by atoms with E-state index in [2.05, 4.69) is 35.0 Å². The van der Waals surface area contributed by atoms with E-state index in [9.17, 15) is 4.79 Å². The molecule has 5 rings (SSSR count). The lowest BCUT2D eigenvalue weighted by atomic mass is 10.0. The Labute approximate surface area is 204 Å². The van der Waals surface area contributed by atoms with Gasteiger partial charge in [-0.1, -0.05) is 18.2 Å². The van der Waals surface area contributed by atoms with E-state index in [1.54, 1.807) is 19.5 Å². The standard InChI is InChI=1S/C26H29N7O2/c1-16(2)33-25(18(4)14-29-33)21-13-22-31(23(34)8-11-32(22)30-21)15-19-6-7-20(17(3)12-19)24-26(35-5)28-10-9-27-24/h6-7,9-10,12-14,16H,8,11,15H2,1-5H3. The van der Waals surface area contributed by atoms with Gasteiger partial charge >= 0.3 is 0 Å². The van der Waals surface area contributed by atoms with Crippen LogP contribution in [0.1, 0.15) is 43.0 Å². The van der Waals surface area contributed by atoms with Gasteiger partial charge in [-0.25, -0.2) is 14.6 Å². The molecule has 0 unspecified atom stereocenters. The molecule has 9 nitrogen and oxygen atoms in total. The van der Waals surface area contributed by atoms with Crippen molar-refractivity contribution in [3.8, 4) is 28.5 Å². The van der Waals surface area contributed by atoms with E-state index in [0.29, 0.717) is 31.1 Å². The van der Waals surface area contributed by atoms with Crippen LogP contribution in [-0.4, -0.2) is 42.5 Å². The molecule has 180 valence electrons. The molecule has 0 bridgehead atoms. The molecular weight excluding hydrogens is 442 g/mol. The van der Waals surface area contributed by atoms with Crippen molar-refractivity contribution < 1.29 is 9.53 Å². The van der Waals surface area contributed by atoms with Crippen molar-refractivity contribution in [3.05, 3.63) is 59.5 Å². The third kappa shape index (κ3) is 4.07. The molecular formula is C26H29N7O2. The fourth-order valence-electron chi connectivity index (χ4n) is 4.63. The molecule has 1 aliphatic heterocycles. The Balaban J connectivity index is 1.47. The zero-order valence-corrected chi connectivity index (χ0v) is 20.7. The van der Waals surface area contributed by atoms with Gasteiger partial charge in [0, 0.05) is 36.5 Å². The molecule has 1 aliphatic rings. The molecule has 1 aromatic carbocycles. The number of aromatic nitrogens is 6. The zero-order valence-electron chi connectivity index (χ0n) is 20.7. The van der Waals surface area contributed by atoms with Gasteiger partial charge in [0.05, 0.1) is 32.1 Å². The predicted octanol–water partition coefficient (Wildman–Crippen LogP) is 4.35. The minimum absolute atomic E-state index is 0.0929. The first-order valence-corrected chi connectivity index (χ1v) is 11.7. The summed E-state index contributed by atoms with van der Waals surface area (Å²) in [5, 5.41) is 9.37. The maximum atomic E-state index is 13.0. The van der Waals surface area contributed by atoms with Gasteiger partial charge in [0.15, 0.2) is 0 Å². The van der Waals surface area contributed by atoms with Crippen LogP contribution in [0.2, 0.25) is 0 Å². The minimum Gasteiger partial charge on any atom is -0.479 e. The smallest absolute Gasteiger partial charge is 0.240 e. The fourth-order valence-corrected chi connectivity index (χ4v) is 4.63. The zero-order chi connectivity index (χ0) is 24.7. The summed E-state index contributed by atoms with van der Waals surface area (Å²) in [6, 6.07) is 8.34. The van der Waals surface area contributed by atoms with Crippen LogP contribution in [0.3, 0.4) is 0 Å². The van der Waals surface area contributed by atoms with E-state index >= 15 is 0 Å². The molecule has 9 heteroatoms. The molecule has 1 amide bonds. The Kier molecular flexibility index (Phi) is 5.84. The first-order valence-electron chi connectivity index (χ1n) is 11.7. The van der Waals surface area contributed by atoms with Crippen molar-refractivity contribution >= 4 is 11.7 Å². The second-order valence-corrected chi connectivity index (χ2v) is 9.12. The molecule has 3 aromatic heterocycles. The van der Waals surface area contributed by atoms with Gasteiger partial charge in [0.1, 0.15) is 17.2 Å². The lowest BCUT2D eigenvalue weighted by Gasteiger charge is -2.27. The average molecular weight is 472 g/mol. The van der Waals surface area contributed by atoms with Gasteiger partial charge in [-0.3, -0.25) is 14.4 Å². The Bertz CT molecular complexity index is 1400. The molecule has 0 atom stereocenters.